The molecule has 140 valence electrons. The molecule has 2 aromatic rings. The Morgan fingerprint density at radius 2 is 2.27 bits per heavy atom. The molecule has 1 N–H and O–H groups in total. The van der Waals surface area contributed by atoms with E-state index < -0.39 is 0 Å². The number of halogens is 1. The van der Waals surface area contributed by atoms with E-state index in [4.69, 9.17) is 0 Å². The number of aromatic nitrogens is 1. The summed E-state index contributed by atoms with van der Waals surface area (Å²) >= 11 is 1.81. The molecule has 1 unspecified atom stereocenters. The maximum Gasteiger partial charge on any atom is 0.224 e. The van der Waals surface area contributed by atoms with Crippen LogP contribution in [-0.4, -0.2) is 53.4 Å². The smallest absolute Gasteiger partial charge is 0.224 e. The number of pyridine rings is 1. The summed E-state index contributed by atoms with van der Waals surface area (Å²) < 4.78 is 0. The predicted octanol–water partition coefficient (Wildman–Crippen LogP) is 2.49. The number of amides is 1. The third kappa shape index (κ3) is 4.26. The van der Waals surface area contributed by atoms with Crippen molar-refractivity contribution in [3.63, 3.8) is 0 Å². The van der Waals surface area contributed by atoms with Crippen LogP contribution in [0.1, 0.15) is 28.5 Å². The van der Waals surface area contributed by atoms with Gasteiger partial charge in [0.2, 0.25) is 5.91 Å². The summed E-state index contributed by atoms with van der Waals surface area (Å²) in [6.07, 6.45) is 5.35. The Balaban J connectivity index is 0.00000196. The fourth-order valence-electron chi connectivity index (χ4n) is 3.77. The van der Waals surface area contributed by atoms with Crippen LogP contribution >= 0.6 is 23.7 Å². The van der Waals surface area contributed by atoms with Gasteiger partial charge in [-0.3, -0.25) is 14.7 Å². The van der Waals surface area contributed by atoms with Crippen molar-refractivity contribution < 1.29 is 4.79 Å². The quantitative estimate of drug-likeness (QED) is 0.868. The van der Waals surface area contributed by atoms with Crippen LogP contribution in [0.3, 0.4) is 0 Å². The molecule has 5 nitrogen and oxygen atoms in total. The zero-order chi connectivity index (χ0) is 17.1. The highest BCUT2D eigenvalue weighted by Crippen LogP contribution is 2.25. The number of piperazine rings is 1. The summed E-state index contributed by atoms with van der Waals surface area (Å²) in [5, 5.41) is 5.60. The molecule has 2 aliphatic rings. The zero-order valence-electron chi connectivity index (χ0n) is 14.8. The minimum Gasteiger partial charge on any atom is -0.338 e. The van der Waals surface area contributed by atoms with Gasteiger partial charge in [-0.05, 0) is 35.1 Å². The van der Waals surface area contributed by atoms with Crippen molar-refractivity contribution in [2.75, 3.05) is 32.7 Å². The Labute approximate surface area is 164 Å². The molecule has 0 spiro atoms. The first kappa shape index (κ1) is 19.3. The molecule has 1 fully saturated rings. The topological polar surface area (TPSA) is 48.5 Å². The van der Waals surface area contributed by atoms with Crippen molar-refractivity contribution in [1.82, 2.24) is 20.1 Å². The molecular formula is C19H25ClN4OS. The largest absolute Gasteiger partial charge is 0.338 e. The van der Waals surface area contributed by atoms with Crippen molar-refractivity contribution in [3.05, 3.63) is 52.0 Å². The highest BCUT2D eigenvalue weighted by atomic mass is 35.5. The molecular weight excluding hydrogens is 368 g/mol. The SMILES string of the molecule is Cl.O=C(CCN1CCNCC1c1cccnc1)N1CCc2sccc2C1. The number of carbonyl (C=O) groups is 1. The van der Waals surface area contributed by atoms with Gasteiger partial charge in [-0.15, -0.1) is 23.7 Å². The van der Waals surface area contributed by atoms with E-state index in [1.165, 1.54) is 16.0 Å². The monoisotopic (exact) mass is 392 g/mol. The Morgan fingerprint density at radius 3 is 3.12 bits per heavy atom. The second-order valence-corrected chi connectivity index (χ2v) is 7.73. The zero-order valence-corrected chi connectivity index (χ0v) is 16.4. The van der Waals surface area contributed by atoms with Crippen molar-refractivity contribution in [3.8, 4) is 0 Å². The predicted molar refractivity (Wildman–Crippen MR) is 107 cm³/mol. The van der Waals surface area contributed by atoms with Crippen LogP contribution in [0.2, 0.25) is 0 Å². The van der Waals surface area contributed by atoms with Gasteiger partial charge in [0.25, 0.3) is 0 Å². The minimum atomic E-state index is 0. The lowest BCUT2D eigenvalue weighted by Gasteiger charge is -2.36. The maximum absolute atomic E-state index is 12.7. The standard InChI is InChI=1S/C19H24N4OS.ClH/c24-19(23-8-3-18-16(14-23)5-11-25-18)4-9-22-10-7-21-13-17(22)15-2-1-6-20-12-15;/h1-2,5-6,11-12,17,21H,3-4,7-10,13-14H2;1H. The molecule has 1 saturated heterocycles. The summed E-state index contributed by atoms with van der Waals surface area (Å²) in [5.41, 5.74) is 2.56. The third-order valence-corrected chi connectivity index (χ3v) is 6.22. The van der Waals surface area contributed by atoms with Gasteiger partial charge in [0, 0.05) is 69.0 Å². The Morgan fingerprint density at radius 1 is 1.35 bits per heavy atom. The van der Waals surface area contributed by atoms with Gasteiger partial charge in [-0.25, -0.2) is 0 Å². The summed E-state index contributed by atoms with van der Waals surface area (Å²) in [5.74, 6) is 0.278. The van der Waals surface area contributed by atoms with Crippen LogP contribution in [-0.2, 0) is 17.8 Å². The maximum atomic E-state index is 12.7. The molecule has 0 saturated carbocycles. The van der Waals surface area contributed by atoms with E-state index in [2.05, 4.69) is 32.7 Å². The lowest BCUT2D eigenvalue weighted by Crippen LogP contribution is -2.47. The van der Waals surface area contributed by atoms with E-state index in [0.717, 1.165) is 45.7 Å². The Hall–Kier alpha value is -1.47. The van der Waals surface area contributed by atoms with Crippen LogP contribution in [0.4, 0.5) is 0 Å². The van der Waals surface area contributed by atoms with Gasteiger partial charge >= 0.3 is 0 Å². The summed E-state index contributed by atoms with van der Waals surface area (Å²) in [6, 6.07) is 6.58. The van der Waals surface area contributed by atoms with Gasteiger partial charge in [-0.1, -0.05) is 6.07 Å². The van der Waals surface area contributed by atoms with Crippen molar-refractivity contribution >= 4 is 29.7 Å². The number of rotatable bonds is 4. The normalized spacial score (nSPS) is 20.3. The molecule has 2 aliphatic heterocycles. The van der Waals surface area contributed by atoms with Crippen LogP contribution < -0.4 is 5.32 Å². The second kappa shape index (κ2) is 8.95. The summed E-state index contributed by atoms with van der Waals surface area (Å²) in [6.45, 7) is 5.33. The molecule has 1 amide bonds. The Kier molecular flexibility index (Phi) is 6.64. The number of nitrogens with zero attached hydrogens (tertiary/aromatic N) is 3. The lowest BCUT2D eigenvalue weighted by molar-refractivity contribution is -0.132. The molecule has 2 aromatic heterocycles. The first-order valence-electron chi connectivity index (χ1n) is 8.99. The molecule has 0 aromatic carbocycles. The molecule has 4 rings (SSSR count). The molecule has 0 radical (unpaired) electrons. The number of thiophene rings is 1. The molecule has 0 aliphatic carbocycles. The van der Waals surface area contributed by atoms with E-state index in [-0.39, 0.29) is 18.3 Å². The summed E-state index contributed by atoms with van der Waals surface area (Å²) in [4.78, 5) is 22.8. The number of hydrogen-bond acceptors (Lipinski definition) is 5. The van der Waals surface area contributed by atoms with Crippen molar-refractivity contribution in [1.29, 1.82) is 0 Å². The first-order valence-corrected chi connectivity index (χ1v) is 9.87. The van der Waals surface area contributed by atoms with E-state index >= 15 is 0 Å². The van der Waals surface area contributed by atoms with Crippen molar-refractivity contribution in [2.24, 2.45) is 0 Å². The molecule has 0 bridgehead atoms. The van der Waals surface area contributed by atoms with E-state index in [0.29, 0.717) is 12.5 Å². The van der Waals surface area contributed by atoms with E-state index in [1.807, 2.05) is 34.7 Å². The Bertz CT molecular complexity index is 723. The van der Waals surface area contributed by atoms with Crippen LogP contribution in [0.25, 0.3) is 0 Å². The van der Waals surface area contributed by atoms with Crippen LogP contribution in [0.15, 0.2) is 36.0 Å². The fourth-order valence-corrected chi connectivity index (χ4v) is 4.66. The van der Waals surface area contributed by atoms with Crippen molar-refractivity contribution in [2.45, 2.75) is 25.4 Å². The van der Waals surface area contributed by atoms with Gasteiger partial charge in [0.15, 0.2) is 0 Å². The average Bonchev–Trinajstić information content (AvgIpc) is 3.15. The third-order valence-electron chi connectivity index (χ3n) is 5.20. The minimum absolute atomic E-state index is 0. The second-order valence-electron chi connectivity index (χ2n) is 6.73. The number of nitrogens with one attached hydrogen (secondary N) is 1. The highest BCUT2D eigenvalue weighted by molar-refractivity contribution is 7.10. The number of fused-ring (bicyclic) bond motifs is 1. The number of carbonyl (C=O) groups excluding carboxylic acids is 1. The first-order chi connectivity index (χ1) is 12.3. The average molecular weight is 393 g/mol. The molecule has 1 atom stereocenters. The van der Waals surface area contributed by atoms with Gasteiger partial charge < -0.3 is 10.2 Å². The van der Waals surface area contributed by atoms with Gasteiger partial charge in [0.1, 0.15) is 0 Å². The fraction of sp³-hybridized carbons (Fsp3) is 0.474. The van der Waals surface area contributed by atoms with E-state index in [1.54, 1.807) is 0 Å². The van der Waals surface area contributed by atoms with E-state index in [9.17, 15) is 4.79 Å². The van der Waals surface area contributed by atoms with Gasteiger partial charge in [0.05, 0.1) is 0 Å². The molecule has 7 heteroatoms. The van der Waals surface area contributed by atoms with Crippen LogP contribution in [0.5, 0.6) is 0 Å². The lowest BCUT2D eigenvalue weighted by atomic mass is 10.0. The van der Waals surface area contributed by atoms with Gasteiger partial charge in [-0.2, -0.15) is 0 Å². The van der Waals surface area contributed by atoms with Crippen LogP contribution in [0, 0.1) is 0 Å². The molecule has 26 heavy (non-hydrogen) atoms. The highest BCUT2D eigenvalue weighted by Gasteiger charge is 2.26. The summed E-state index contributed by atoms with van der Waals surface area (Å²) in [7, 11) is 0. The number of hydrogen-bond donors (Lipinski definition) is 1. The molecule has 4 heterocycles.